The number of aromatic nitrogens is 3. The van der Waals surface area contributed by atoms with E-state index in [-0.39, 0.29) is 5.56 Å². The minimum atomic E-state index is -0.251. The molecule has 0 fully saturated rings. The molecule has 28 heavy (non-hydrogen) atoms. The van der Waals surface area contributed by atoms with Crippen molar-refractivity contribution in [1.29, 1.82) is 5.26 Å². The molecule has 1 N–H and O–H groups in total. The van der Waals surface area contributed by atoms with Crippen molar-refractivity contribution < 1.29 is 0 Å². The van der Waals surface area contributed by atoms with Crippen molar-refractivity contribution in [2.45, 2.75) is 13.3 Å². The summed E-state index contributed by atoms with van der Waals surface area (Å²) in [6.45, 7) is 1.97. The zero-order valence-electron chi connectivity index (χ0n) is 14.8. The average molecular weight is 409 g/mol. The first-order valence-corrected chi connectivity index (χ1v) is 9.38. The molecule has 138 valence electrons. The zero-order valence-corrected chi connectivity index (χ0v) is 16.3. The molecule has 2 aromatic heterocycles. The molecule has 0 amide bonds. The lowest BCUT2D eigenvalue weighted by atomic mass is 10.0. The van der Waals surface area contributed by atoms with Gasteiger partial charge in [0.1, 0.15) is 5.65 Å². The lowest BCUT2D eigenvalue weighted by molar-refractivity contribution is 0.859. The summed E-state index contributed by atoms with van der Waals surface area (Å²) in [5.41, 5.74) is 4.59. The summed E-state index contributed by atoms with van der Waals surface area (Å²) < 4.78 is 1.35. The van der Waals surface area contributed by atoms with Crippen LogP contribution in [0.3, 0.4) is 0 Å². The Bertz CT molecular complexity index is 1300. The molecular weight excluding hydrogens is 395 g/mol. The van der Waals surface area contributed by atoms with Crippen LogP contribution >= 0.6 is 23.2 Å². The van der Waals surface area contributed by atoms with Crippen molar-refractivity contribution in [1.82, 2.24) is 14.6 Å². The molecule has 2 aromatic carbocycles. The Kier molecular flexibility index (Phi) is 4.68. The van der Waals surface area contributed by atoms with Crippen molar-refractivity contribution in [3.05, 3.63) is 80.2 Å². The van der Waals surface area contributed by atoms with Gasteiger partial charge in [0.15, 0.2) is 0 Å². The molecular formula is C21H14Cl2N4O. The summed E-state index contributed by atoms with van der Waals surface area (Å²) in [5.74, 6) is 0. The number of aryl methyl sites for hydroxylation is 1. The predicted molar refractivity (Wildman–Crippen MR) is 111 cm³/mol. The van der Waals surface area contributed by atoms with Crippen LogP contribution < -0.4 is 5.56 Å². The molecule has 0 saturated heterocycles. The number of nitrogens with one attached hydrogen (secondary N) is 1. The third-order valence-electron chi connectivity index (χ3n) is 4.55. The molecule has 4 rings (SSSR count). The van der Waals surface area contributed by atoms with E-state index < -0.39 is 0 Å². The summed E-state index contributed by atoms with van der Waals surface area (Å²) in [6, 6.07) is 15.9. The number of rotatable bonds is 3. The van der Waals surface area contributed by atoms with Crippen LogP contribution in [-0.2, 0) is 6.42 Å². The third kappa shape index (κ3) is 3.07. The first-order chi connectivity index (χ1) is 13.5. The topological polar surface area (TPSA) is 74.0 Å². The smallest absolute Gasteiger partial charge is 0.274 e. The van der Waals surface area contributed by atoms with E-state index in [1.165, 1.54) is 10.6 Å². The molecule has 5 nitrogen and oxygen atoms in total. The summed E-state index contributed by atoms with van der Waals surface area (Å²) in [5, 5.41) is 14.5. The molecule has 0 aliphatic carbocycles. The van der Waals surface area contributed by atoms with E-state index in [0.717, 1.165) is 22.4 Å². The van der Waals surface area contributed by atoms with Crippen LogP contribution in [0.1, 0.15) is 18.2 Å². The number of benzene rings is 2. The number of nitriles is 1. The van der Waals surface area contributed by atoms with Gasteiger partial charge in [0.2, 0.25) is 0 Å². The fourth-order valence-electron chi connectivity index (χ4n) is 3.19. The first-order valence-electron chi connectivity index (χ1n) is 8.62. The maximum Gasteiger partial charge on any atom is 0.274 e. The monoisotopic (exact) mass is 408 g/mol. The predicted octanol–water partition coefficient (Wildman–Crippen LogP) is 5.10. The highest BCUT2D eigenvalue weighted by Gasteiger charge is 2.19. The number of hydrogen-bond donors (Lipinski definition) is 1. The summed E-state index contributed by atoms with van der Waals surface area (Å²) >= 11 is 12.5. The average Bonchev–Trinajstić information content (AvgIpc) is 3.07. The molecule has 7 heteroatoms. The highest BCUT2D eigenvalue weighted by atomic mass is 35.5. The van der Waals surface area contributed by atoms with Crippen molar-refractivity contribution in [2.24, 2.45) is 0 Å². The Morgan fingerprint density at radius 3 is 2.54 bits per heavy atom. The maximum absolute atomic E-state index is 12.7. The van der Waals surface area contributed by atoms with Crippen LogP contribution in [0.5, 0.6) is 0 Å². The number of hydrogen-bond acceptors (Lipinski definition) is 3. The van der Waals surface area contributed by atoms with Gasteiger partial charge in [-0.2, -0.15) is 14.9 Å². The highest BCUT2D eigenvalue weighted by molar-refractivity contribution is 6.36. The van der Waals surface area contributed by atoms with E-state index >= 15 is 0 Å². The molecule has 4 aromatic rings. The summed E-state index contributed by atoms with van der Waals surface area (Å²) in [4.78, 5) is 16.0. The first kappa shape index (κ1) is 18.3. The van der Waals surface area contributed by atoms with E-state index in [1.54, 1.807) is 36.4 Å². The summed E-state index contributed by atoms with van der Waals surface area (Å²) in [6.07, 6.45) is 0.634. The van der Waals surface area contributed by atoms with E-state index in [4.69, 9.17) is 28.5 Å². The molecule has 0 spiro atoms. The van der Waals surface area contributed by atoms with Crippen LogP contribution in [0.2, 0.25) is 10.0 Å². The molecule has 2 heterocycles. The number of H-pyrrole nitrogens is 1. The second kappa shape index (κ2) is 7.16. The quantitative estimate of drug-likeness (QED) is 0.512. The van der Waals surface area contributed by atoms with Crippen LogP contribution in [0.4, 0.5) is 0 Å². The van der Waals surface area contributed by atoms with Crippen LogP contribution in [-0.4, -0.2) is 14.6 Å². The summed E-state index contributed by atoms with van der Waals surface area (Å²) in [7, 11) is 0. The second-order valence-electron chi connectivity index (χ2n) is 6.27. The fourth-order valence-corrected chi connectivity index (χ4v) is 3.69. The molecule has 0 atom stereocenters. The maximum atomic E-state index is 12.7. The van der Waals surface area contributed by atoms with Crippen molar-refractivity contribution >= 4 is 28.8 Å². The van der Waals surface area contributed by atoms with Gasteiger partial charge in [-0.3, -0.25) is 4.79 Å². The lowest BCUT2D eigenvalue weighted by Gasteiger charge is -2.07. The molecule has 0 saturated carbocycles. The van der Waals surface area contributed by atoms with E-state index in [0.29, 0.717) is 33.4 Å². The Balaban J connectivity index is 2.00. The van der Waals surface area contributed by atoms with Gasteiger partial charge in [-0.05, 0) is 36.2 Å². The number of nitrogens with zero attached hydrogens (tertiary/aromatic N) is 3. The number of fused-ring (bicyclic) bond motifs is 1. The normalized spacial score (nSPS) is 10.9. The third-order valence-corrected chi connectivity index (χ3v) is 5.10. The van der Waals surface area contributed by atoms with Gasteiger partial charge in [-0.15, -0.1) is 0 Å². The molecule has 0 radical (unpaired) electrons. The number of halogens is 2. The van der Waals surface area contributed by atoms with Crippen LogP contribution in [0.15, 0.2) is 53.3 Å². The Morgan fingerprint density at radius 2 is 1.89 bits per heavy atom. The SMILES string of the molecule is CCc1nn2c(=O)cc(-c3ccc(C#N)cc3)[nH]c2c1-c1ccc(Cl)cc1Cl. The van der Waals surface area contributed by atoms with E-state index in [9.17, 15) is 4.79 Å². The van der Waals surface area contributed by atoms with E-state index in [1.807, 2.05) is 13.0 Å². The van der Waals surface area contributed by atoms with Gasteiger partial charge in [0.25, 0.3) is 5.56 Å². The largest absolute Gasteiger partial charge is 0.339 e. The number of aromatic amines is 1. The Labute approximate surface area is 170 Å². The van der Waals surface area contributed by atoms with Gasteiger partial charge in [-0.1, -0.05) is 48.3 Å². The Hall–Kier alpha value is -3.07. The highest BCUT2D eigenvalue weighted by Crippen LogP contribution is 2.35. The van der Waals surface area contributed by atoms with Gasteiger partial charge in [-0.25, -0.2) is 0 Å². The standard InChI is InChI=1S/C21H14Cl2N4O/c1-2-17-20(15-8-7-14(22)9-16(15)23)21-25-18(10-19(28)27(21)26-17)13-5-3-12(11-24)4-6-13/h3-10,25H,2H2,1H3. The molecule has 0 aliphatic rings. The van der Waals surface area contributed by atoms with Gasteiger partial charge >= 0.3 is 0 Å². The molecule has 0 unspecified atom stereocenters. The fraction of sp³-hybridized carbons (Fsp3) is 0.0952. The molecule has 0 bridgehead atoms. The minimum Gasteiger partial charge on any atom is -0.339 e. The van der Waals surface area contributed by atoms with Crippen LogP contribution in [0, 0.1) is 11.3 Å². The van der Waals surface area contributed by atoms with Crippen molar-refractivity contribution in [3.8, 4) is 28.5 Å². The second-order valence-corrected chi connectivity index (χ2v) is 7.11. The van der Waals surface area contributed by atoms with E-state index in [2.05, 4.69) is 16.2 Å². The van der Waals surface area contributed by atoms with Gasteiger partial charge < -0.3 is 4.98 Å². The molecule has 0 aliphatic heterocycles. The van der Waals surface area contributed by atoms with Gasteiger partial charge in [0, 0.05) is 22.2 Å². The lowest BCUT2D eigenvalue weighted by Crippen LogP contribution is -2.14. The van der Waals surface area contributed by atoms with Crippen molar-refractivity contribution in [3.63, 3.8) is 0 Å². The van der Waals surface area contributed by atoms with Crippen molar-refractivity contribution in [2.75, 3.05) is 0 Å². The van der Waals surface area contributed by atoms with Gasteiger partial charge in [0.05, 0.1) is 28.0 Å². The zero-order chi connectivity index (χ0) is 19.8. The Morgan fingerprint density at radius 1 is 1.14 bits per heavy atom. The minimum absolute atomic E-state index is 0.251. The van der Waals surface area contributed by atoms with Crippen LogP contribution in [0.25, 0.3) is 28.0 Å².